The number of rotatable bonds is 2. The average Bonchev–Trinajstić information content (AvgIpc) is 2.00. The van der Waals surface area contributed by atoms with E-state index in [4.69, 9.17) is 14.8 Å². The quantitative estimate of drug-likeness (QED) is 0.295. The maximum atomic E-state index is 10.7. The monoisotopic (exact) mass is 277 g/mol. The van der Waals surface area contributed by atoms with Crippen LogP contribution in [-0.4, -0.2) is 25.9 Å². The molecule has 0 heterocycles. The van der Waals surface area contributed by atoms with Crippen molar-refractivity contribution in [1.82, 2.24) is 0 Å². The van der Waals surface area contributed by atoms with Gasteiger partial charge in [-0.1, -0.05) is 0 Å². The largest absolute Gasteiger partial charge is 1.00 e. The minimum Gasteiger partial charge on any atom is -1.00 e. The third-order valence-corrected chi connectivity index (χ3v) is 3.32. The molecule has 0 aromatic heterocycles. The second kappa shape index (κ2) is 5.00. The van der Waals surface area contributed by atoms with Crippen molar-refractivity contribution in [3.8, 4) is 0 Å². The average molecular weight is 277 g/mol. The van der Waals surface area contributed by atoms with Gasteiger partial charge in [0.15, 0.2) is 0 Å². The summed E-state index contributed by atoms with van der Waals surface area (Å²) in [5, 5.41) is 0. The van der Waals surface area contributed by atoms with Crippen LogP contribution in [0.5, 0.6) is 0 Å². The van der Waals surface area contributed by atoms with Gasteiger partial charge in [0, 0.05) is 0 Å². The zero-order chi connectivity index (χ0) is 11.9. The zero-order valence-corrected chi connectivity index (χ0v) is 11.8. The van der Waals surface area contributed by atoms with Gasteiger partial charge in [0.05, 0.1) is 10.6 Å². The van der Waals surface area contributed by atoms with Gasteiger partial charge in [-0.15, -0.1) is 0 Å². The second-order valence-corrected chi connectivity index (χ2v) is 5.46. The van der Waals surface area contributed by atoms with Gasteiger partial charge in [0.25, 0.3) is 20.2 Å². The number of benzene rings is 1. The van der Waals surface area contributed by atoms with Gasteiger partial charge in [-0.3, -0.25) is 9.11 Å². The fraction of sp³-hybridized carbons (Fsp3) is 0. The first-order chi connectivity index (χ1) is 6.62. The number of anilines is 1. The Morgan fingerprint density at radius 3 is 1.94 bits per heavy atom. The molecule has 0 saturated heterocycles. The van der Waals surface area contributed by atoms with Gasteiger partial charge in [-0.05, 0) is 18.2 Å². The van der Waals surface area contributed by atoms with Gasteiger partial charge in [-0.25, -0.2) is 0 Å². The van der Waals surface area contributed by atoms with E-state index in [-0.39, 0.29) is 36.7 Å². The molecule has 16 heavy (non-hydrogen) atoms. The van der Waals surface area contributed by atoms with E-state index in [1.54, 1.807) is 0 Å². The normalized spacial score (nSPS) is 11.9. The number of hydrogen-bond donors (Lipinski definition) is 3. The van der Waals surface area contributed by atoms with Crippen molar-refractivity contribution >= 4 is 25.9 Å². The van der Waals surface area contributed by atoms with Crippen molar-refractivity contribution in [2.75, 3.05) is 5.73 Å². The Morgan fingerprint density at radius 1 is 1.06 bits per heavy atom. The molecule has 0 aliphatic carbocycles. The van der Waals surface area contributed by atoms with Crippen LogP contribution >= 0.6 is 0 Å². The Morgan fingerprint density at radius 2 is 1.56 bits per heavy atom. The third kappa shape index (κ3) is 3.70. The predicted molar refractivity (Wildman–Crippen MR) is 51.6 cm³/mol. The molecule has 0 aliphatic heterocycles. The first-order valence-electron chi connectivity index (χ1n) is 3.47. The first kappa shape index (κ1) is 15.8. The molecular weight excluding hydrogens is 269 g/mol. The van der Waals surface area contributed by atoms with Gasteiger partial charge >= 0.3 is 29.6 Å². The molecule has 0 radical (unpaired) electrons. The molecule has 4 N–H and O–H groups in total. The SMILES string of the molecule is Nc1ccc(S(=O)(=O)O)cc1S(=O)(=O)O.[H-].[Na+]. The summed E-state index contributed by atoms with van der Waals surface area (Å²) < 4.78 is 60.1. The standard InChI is InChI=1S/C6H7NO6S2.Na.H/c7-5-2-1-4(14(8,9)10)3-6(5)15(11,12)13;;/h1-3H,7H2,(H,8,9,10)(H,11,12,13);;/q;+1;-1. The molecule has 1 rings (SSSR count). The Hall–Kier alpha value is -0.160. The predicted octanol–water partition coefficient (Wildman–Crippen LogP) is -3.12. The van der Waals surface area contributed by atoms with E-state index in [0.717, 1.165) is 12.1 Å². The maximum Gasteiger partial charge on any atom is 1.00 e. The minimum absolute atomic E-state index is 0. The van der Waals surface area contributed by atoms with Gasteiger partial charge in [-0.2, -0.15) is 16.8 Å². The van der Waals surface area contributed by atoms with Crippen molar-refractivity contribution < 1.29 is 56.9 Å². The maximum absolute atomic E-state index is 10.7. The molecule has 86 valence electrons. The molecule has 10 heteroatoms. The fourth-order valence-electron chi connectivity index (χ4n) is 0.899. The van der Waals surface area contributed by atoms with Crippen LogP contribution in [0.4, 0.5) is 5.69 Å². The molecule has 1 aromatic rings. The molecule has 0 unspecified atom stereocenters. The summed E-state index contributed by atoms with van der Waals surface area (Å²) in [6.45, 7) is 0. The Bertz CT molecular complexity index is 599. The molecule has 0 spiro atoms. The Kier molecular flexibility index (Phi) is 4.95. The van der Waals surface area contributed by atoms with Crippen molar-refractivity contribution in [2.24, 2.45) is 0 Å². The van der Waals surface area contributed by atoms with Crippen molar-refractivity contribution in [3.63, 3.8) is 0 Å². The molecule has 0 atom stereocenters. The summed E-state index contributed by atoms with van der Waals surface area (Å²) in [4.78, 5) is -1.43. The minimum atomic E-state index is -4.62. The first-order valence-corrected chi connectivity index (χ1v) is 6.35. The van der Waals surface area contributed by atoms with E-state index in [1.807, 2.05) is 0 Å². The summed E-state index contributed by atoms with van der Waals surface area (Å²) in [5.41, 5.74) is 4.89. The number of nitrogen functional groups attached to an aromatic ring is 1. The molecule has 1 aromatic carbocycles. The summed E-state index contributed by atoms with van der Waals surface area (Å²) in [5.74, 6) is 0. The topological polar surface area (TPSA) is 135 Å². The summed E-state index contributed by atoms with van der Waals surface area (Å²) in [7, 11) is -9.15. The van der Waals surface area contributed by atoms with E-state index >= 15 is 0 Å². The van der Waals surface area contributed by atoms with Crippen LogP contribution in [-0.2, 0) is 20.2 Å². The second-order valence-electron chi connectivity index (χ2n) is 2.65. The molecule has 0 amide bonds. The number of hydrogen-bond acceptors (Lipinski definition) is 5. The number of nitrogens with two attached hydrogens (primary N) is 1. The van der Waals surface area contributed by atoms with E-state index in [1.165, 1.54) is 0 Å². The van der Waals surface area contributed by atoms with Crippen LogP contribution in [0.25, 0.3) is 0 Å². The van der Waals surface area contributed by atoms with E-state index < -0.39 is 30.0 Å². The molecular formula is C6H8NNaO6S2. The Balaban J connectivity index is 0. The molecule has 0 saturated carbocycles. The zero-order valence-electron chi connectivity index (χ0n) is 9.15. The third-order valence-electron chi connectivity index (χ3n) is 1.56. The molecule has 7 nitrogen and oxygen atoms in total. The van der Waals surface area contributed by atoms with Gasteiger partial charge in [0.2, 0.25) is 0 Å². The van der Waals surface area contributed by atoms with E-state index in [2.05, 4.69) is 0 Å². The van der Waals surface area contributed by atoms with Crippen LogP contribution in [0, 0.1) is 0 Å². The van der Waals surface area contributed by atoms with Gasteiger partial charge < -0.3 is 7.16 Å². The summed E-state index contributed by atoms with van der Waals surface area (Å²) in [6, 6.07) is 2.44. The summed E-state index contributed by atoms with van der Waals surface area (Å²) >= 11 is 0. The van der Waals surface area contributed by atoms with Crippen molar-refractivity contribution in [1.29, 1.82) is 0 Å². The van der Waals surface area contributed by atoms with Crippen molar-refractivity contribution in [3.05, 3.63) is 18.2 Å². The fourth-order valence-corrected chi connectivity index (χ4v) is 2.12. The van der Waals surface area contributed by atoms with E-state index in [9.17, 15) is 16.8 Å². The molecule has 0 bridgehead atoms. The van der Waals surface area contributed by atoms with Crippen molar-refractivity contribution in [2.45, 2.75) is 9.79 Å². The molecule has 0 aliphatic rings. The van der Waals surface area contributed by atoms with Crippen LogP contribution in [0.2, 0.25) is 0 Å². The Labute approximate surface area is 116 Å². The van der Waals surface area contributed by atoms with Crippen LogP contribution in [0.15, 0.2) is 28.0 Å². The summed E-state index contributed by atoms with van der Waals surface area (Å²) in [6.07, 6.45) is 0. The smallest absolute Gasteiger partial charge is 1.00 e. The molecule has 0 fully saturated rings. The van der Waals surface area contributed by atoms with Gasteiger partial charge in [0.1, 0.15) is 4.90 Å². The van der Waals surface area contributed by atoms with Crippen LogP contribution in [0.1, 0.15) is 1.43 Å². The van der Waals surface area contributed by atoms with Crippen LogP contribution in [0.3, 0.4) is 0 Å². The van der Waals surface area contributed by atoms with Crippen LogP contribution < -0.4 is 35.3 Å². The van der Waals surface area contributed by atoms with E-state index in [0.29, 0.717) is 6.07 Å².